The molecule has 0 unspecified atom stereocenters. The molecule has 0 spiro atoms. The molecule has 0 saturated heterocycles. The summed E-state index contributed by atoms with van der Waals surface area (Å²) < 4.78 is 0. The molecule has 0 aromatic heterocycles. The molecule has 0 saturated carbocycles. The van der Waals surface area contributed by atoms with E-state index in [1.165, 1.54) is 44.3 Å². The van der Waals surface area contributed by atoms with Gasteiger partial charge in [-0.3, -0.25) is 0 Å². The van der Waals surface area contributed by atoms with Gasteiger partial charge in [-0.2, -0.15) is 11.8 Å². The Kier molecular flexibility index (Phi) is 8.80. The van der Waals surface area contributed by atoms with Crippen molar-refractivity contribution in [3.63, 3.8) is 0 Å². The highest BCUT2D eigenvalue weighted by molar-refractivity contribution is 7.99. The fourth-order valence-electron chi connectivity index (χ4n) is 1.31. The number of hydrogen-bond donors (Lipinski definition) is 1. The van der Waals surface area contributed by atoms with Crippen LogP contribution in [0.3, 0.4) is 0 Å². The molecule has 0 radical (unpaired) electrons. The molecule has 2 heteroatoms. The lowest BCUT2D eigenvalue weighted by atomic mass is 10.1. The van der Waals surface area contributed by atoms with Crippen LogP contribution >= 0.6 is 11.8 Å². The zero-order valence-corrected chi connectivity index (χ0v) is 10.8. The summed E-state index contributed by atoms with van der Waals surface area (Å²) in [5.74, 6) is 2.07. The lowest BCUT2D eigenvalue weighted by Crippen LogP contribution is -2.21. The predicted molar refractivity (Wildman–Crippen MR) is 67.0 cm³/mol. The van der Waals surface area contributed by atoms with Gasteiger partial charge >= 0.3 is 0 Å². The number of hydrogen-bond acceptors (Lipinski definition) is 2. The second-order valence-corrected chi connectivity index (χ2v) is 5.74. The average molecular weight is 218 g/mol. The number of thioether (sulfide) groups is 1. The fraction of sp³-hybridized carbons (Fsp3) is 1.00. The molecule has 0 aliphatic rings. The molecule has 0 bridgehead atoms. The van der Waals surface area contributed by atoms with Gasteiger partial charge in [0.2, 0.25) is 0 Å². The van der Waals surface area contributed by atoms with Gasteiger partial charge < -0.3 is 5.11 Å². The molecule has 86 valence electrons. The number of aliphatic hydroxyl groups is 1. The van der Waals surface area contributed by atoms with Crippen LogP contribution in [0.4, 0.5) is 0 Å². The van der Waals surface area contributed by atoms with E-state index in [4.69, 9.17) is 0 Å². The minimum absolute atomic E-state index is 0.493. The molecule has 0 heterocycles. The maximum Gasteiger partial charge on any atom is 0.0681 e. The minimum atomic E-state index is -0.493. The summed E-state index contributed by atoms with van der Waals surface area (Å²) in [6, 6.07) is 0. The summed E-state index contributed by atoms with van der Waals surface area (Å²) in [5, 5.41) is 9.47. The van der Waals surface area contributed by atoms with Gasteiger partial charge in [0, 0.05) is 5.75 Å². The second-order valence-electron chi connectivity index (χ2n) is 4.63. The van der Waals surface area contributed by atoms with Crippen LogP contribution in [0.5, 0.6) is 0 Å². The quantitative estimate of drug-likeness (QED) is 0.593. The molecule has 0 aliphatic carbocycles. The molecule has 0 amide bonds. The van der Waals surface area contributed by atoms with Gasteiger partial charge in [-0.05, 0) is 26.0 Å². The Balaban J connectivity index is 2.99. The first-order valence-electron chi connectivity index (χ1n) is 5.86. The van der Waals surface area contributed by atoms with Crippen molar-refractivity contribution in [3.8, 4) is 0 Å². The van der Waals surface area contributed by atoms with Crippen LogP contribution in [-0.2, 0) is 0 Å². The molecular weight excluding hydrogens is 192 g/mol. The number of rotatable bonds is 9. The Morgan fingerprint density at radius 1 is 1.00 bits per heavy atom. The molecule has 0 fully saturated rings. The molecule has 1 N–H and O–H groups in total. The molecule has 0 rings (SSSR count). The monoisotopic (exact) mass is 218 g/mol. The van der Waals surface area contributed by atoms with Crippen molar-refractivity contribution in [1.29, 1.82) is 0 Å². The first kappa shape index (κ1) is 14.3. The first-order chi connectivity index (χ1) is 6.56. The van der Waals surface area contributed by atoms with E-state index in [0.717, 1.165) is 5.75 Å². The van der Waals surface area contributed by atoms with Crippen molar-refractivity contribution in [3.05, 3.63) is 0 Å². The van der Waals surface area contributed by atoms with Gasteiger partial charge in [-0.25, -0.2) is 0 Å². The lowest BCUT2D eigenvalue weighted by molar-refractivity contribution is 0.107. The summed E-state index contributed by atoms with van der Waals surface area (Å²) >= 11 is 1.87. The van der Waals surface area contributed by atoms with Crippen molar-refractivity contribution in [2.75, 3.05) is 11.5 Å². The fourth-order valence-corrected chi connectivity index (χ4v) is 2.36. The number of unbranched alkanes of at least 4 members (excludes halogenated alkanes) is 5. The van der Waals surface area contributed by atoms with E-state index in [0.29, 0.717) is 0 Å². The van der Waals surface area contributed by atoms with Crippen molar-refractivity contribution < 1.29 is 5.11 Å². The highest BCUT2D eigenvalue weighted by Gasteiger charge is 2.11. The van der Waals surface area contributed by atoms with Crippen LogP contribution in [0.15, 0.2) is 0 Å². The Labute approximate surface area is 93.7 Å². The van der Waals surface area contributed by atoms with Crippen molar-refractivity contribution in [1.82, 2.24) is 0 Å². The topological polar surface area (TPSA) is 20.2 Å². The molecule has 0 aromatic rings. The highest BCUT2D eigenvalue weighted by Crippen LogP contribution is 2.14. The largest absolute Gasteiger partial charge is 0.390 e. The van der Waals surface area contributed by atoms with Gasteiger partial charge in [0.15, 0.2) is 0 Å². The van der Waals surface area contributed by atoms with Crippen molar-refractivity contribution in [2.45, 2.75) is 64.9 Å². The van der Waals surface area contributed by atoms with Crippen LogP contribution in [0.2, 0.25) is 0 Å². The van der Waals surface area contributed by atoms with Gasteiger partial charge in [0.1, 0.15) is 0 Å². The zero-order valence-electron chi connectivity index (χ0n) is 10.0. The molecule has 1 nitrogen and oxygen atoms in total. The van der Waals surface area contributed by atoms with Gasteiger partial charge in [0.05, 0.1) is 5.60 Å². The summed E-state index contributed by atoms with van der Waals surface area (Å²) in [7, 11) is 0. The third-order valence-corrected chi connectivity index (χ3v) is 3.59. The van der Waals surface area contributed by atoms with E-state index in [-0.39, 0.29) is 0 Å². The standard InChI is InChI=1S/C12H26OS/c1-4-5-6-7-8-9-10-14-11-12(2,3)13/h13H,4-11H2,1-3H3. The molecular formula is C12H26OS. The first-order valence-corrected chi connectivity index (χ1v) is 7.02. The molecule has 0 aliphatic heterocycles. The Hall–Kier alpha value is 0.310. The average Bonchev–Trinajstić information content (AvgIpc) is 2.08. The summed E-state index contributed by atoms with van der Waals surface area (Å²) in [5.41, 5.74) is -0.493. The van der Waals surface area contributed by atoms with E-state index in [1.807, 2.05) is 25.6 Å². The van der Waals surface area contributed by atoms with E-state index >= 15 is 0 Å². The van der Waals surface area contributed by atoms with Gasteiger partial charge in [0.25, 0.3) is 0 Å². The maximum atomic E-state index is 9.47. The Morgan fingerprint density at radius 2 is 1.57 bits per heavy atom. The van der Waals surface area contributed by atoms with Gasteiger partial charge in [-0.15, -0.1) is 0 Å². The summed E-state index contributed by atoms with van der Waals surface area (Å²) in [6.07, 6.45) is 8.16. The molecule has 0 aromatic carbocycles. The normalized spacial score (nSPS) is 12.0. The predicted octanol–water partition coefficient (Wildman–Crippen LogP) is 3.85. The van der Waals surface area contributed by atoms with Crippen LogP contribution < -0.4 is 0 Å². The highest BCUT2D eigenvalue weighted by atomic mass is 32.2. The van der Waals surface area contributed by atoms with E-state index in [9.17, 15) is 5.11 Å². The van der Waals surface area contributed by atoms with Crippen LogP contribution in [0.25, 0.3) is 0 Å². The van der Waals surface area contributed by atoms with Crippen LogP contribution in [0.1, 0.15) is 59.3 Å². The molecule has 0 atom stereocenters. The summed E-state index contributed by atoms with van der Waals surface area (Å²) in [6.45, 7) is 6.00. The van der Waals surface area contributed by atoms with Crippen molar-refractivity contribution >= 4 is 11.8 Å². The third kappa shape index (κ3) is 12.3. The Morgan fingerprint density at radius 3 is 2.14 bits per heavy atom. The van der Waals surface area contributed by atoms with Gasteiger partial charge in [-0.1, -0.05) is 39.0 Å². The van der Waals surface area contributed by atoms with Crippen LogP contribution in [-0.4, -0.2) is 22.2 Å². The van der Waals surface area contributed by atoms with E-state index in [2.05, 4.69) is 6.92 Å². The minimum Gasteiger partial charge on any atom is -0.390 e. The smallest absolute Gasteiger partial charge is 0.0681 e. The Bertz CT molecular complexity index is 118. The third-order valence-electron chi connectivity index (χ3n) is 2.10. The molecule has 14 heavy (non-hydrogen) atoms. The van der Waals surface area contributed by atoms with E-state index in [1.54, 1.807) is 0 Å². The SMILES string of the molecule is CCCCCCCCSCC(C)(C)O. The van der Waals surface area contributed by atoms with Crippen LogP contribution in [0, 0.1) is 0 Å². The summed E-state index contributed by atoms with van der Waals surface area (Å²) in [4.78, 5) is 0. The zero-order chi connectivity index (χ0) is 10.9. The van der Waals surface area contributed by atoms with Crippen molar-refractivity contribution in [2.24, 2.45) is 0 Å². The lowest BCUT2D eigenvalue weighted by Gasteiger charge is -2.15. The van der Waals surface area contributed by atoms with E-state index < -0.39 is 5.60 Å². The second kappa shape index (κ2) is 8.60. The maximum absolute atomic E-state index is 9.47.